The van der Waals surface area contributed by atoms with Crippen molar-refractivity contribution in [2.24, 2.45) is 18.4 Å². The van der Waals surface area contributed by atoms with Crippen LogP contribution >= 0.6 is 0 Å². The third kappa shape index (κ3) is 6.74. The zero-order valence-electron chi connectivity index (χ0n) is 14.5. The monoisotopic (exact) mass is 294 g/mol. The Morgan fingerprint density at radius 1 is 1.33 bits per heavy atom. The first kappa shape index (κ1) is 17.7. The van der Waals surface area contributed by atoms with Gasteiger partial charge in [0.2, 0.25) is 5.91 Å². The number of hydrogen-bond donors (Lipinski definition) is 1. The fourth-order valence-corrected chi connectivity index (χ4v) is 3.07. The van der Waals surface area contributed by atoms with Crippen LogP contribution < -0.4 is 5.32 Å². The molecule has 5 nitrogen and oxygen atoms in total. The van der Waals surface area contributed by atoms with Gasteiger partial charge in [-0.2, -0.15) is 0 Å². The number of rotatable bonds is 7. The molecule has 0 aromatic carbocycles. The summed E-state index contributed by atoms with van der Waals surface area (Å²) in [6, 6.07) is 0. The molecule has 120 valence electrons. The fraction of sp³-hybridized carbons (Fsp3) is 0.812. The van der Waals surface area contributed by atoms with Crippen LogP contribution in [0.4, 0.5) is 0 Å². The molecule has 0 aliphatic carbocycles. The highest BCUT2D eigenvalue weighted by molar-refractivity contribution is 5.76. The Kier molecular flexibility index (Phi) is 5.54. The third-order valence-electron chi connectivity index (χ3n) is 3.30. The number of hydrogen-bond acceptors (Lipinski definition) is 3. The molecule has 0 unspecified atom stereocenters. The van der Waals surface area contributed by atoms with Crippen LogP contribution in [0.1, 0.15) is 60.1 Å². The van der Waals surface area contributed by atoms with Crippen LogP contribution in [-0.2, 0) is 18.3 Å². The van der Waals surface area contributed by atoms with E-state index in [1.165, 1.54) is 0 Å². The van der Waals surface area contributed by atoms with Crippen LogP contribution in [-0.4, -0.2) is 26.4 Å². The molecule has 1 amide bonds. The van der Waals surface area contributed by atoms with E-state index >= 15 is 0 Å². The smallest absolute Gasteiger partial charge is 0.220 e. The van der Waals surface area contributed by atoms with Crippen LogP contribution in [0.15, 0.2) is 6.20 Å². The van der Waals surface area contributed by atoms with Gasteiger partial charge >= 0.3 is 0 Å². The van der Waals surface area contributed by atoms with E-state index in [9.17, 15) is 4.79 Å². The molecular weight excluding hydrogens is 264 g/mol. The van der Waals surface area contributed by atoms with Crippen molar-refractivity contribution in [3.63, 3.8) is 0 Å². The normalized spacial score (nSPS) is 12.8. The molecule has 1 N–H and O–H groups in total. The minimum atomic E-state index is -0.225. The molecule has 5 heteroatoms. The minimum Gasteiger partial charge on any atom is -0.351 e. The van der Waals surface area contributed by atoms with Crippen LogP contribution in [0.25, 0.3) is 0 Å². The van der Waals surface area contributed by atoms with Gasteiger partial charge in [-0.25, -0.2) is 0 Å². The summed E-state index contributed by atoms with van der Waals surface area (Å²) in [4.78, 5) is 12.0. The van der Waals surface area contributed by atoms with E-state index < -0.39 is 0 Å². The SMILES string of the molecule is CC(C)CC(=O)NC(C)(C)CC(C)(C)Cc1cn(C)nn1. The van der Waals surface area contributed by atoms with Gasteiger partial charge in [0.05, 0.1) is 5.69 Å². The second kappa shape index (κ2) is 6.58. The van der Waals surface area contributed by atoms with Gasteiger partial charge in [-0.1, -0.05) is 32.9 Å². The molecule has 0 aliphatic heterocycles. The first-order chi connectivity index (χ1) is 9.49. The molecule has 21 heavy (non-hydrogen) atoms. The average Bonchev–Trinajstić information content (AvgIpc) is 2.57. The molecule has 0 aliphatic rings. The molecule has 1 aromatic heterocycles. The van der Waals surface area contributed by atoms with Crippen LogP contribution in [0.3, 0.4) is 0 Å². The van der Waals surface area contributed by atoms with E-state index in [4.69, 9.17) is 0 Å². The van der Waals surface area contributed by atoms with Gasteiger partial charge in [0.25, 0.3) is 0 Å². The van der Waals surface area contributed by atoms with Gasteiger partial charge in [0, 0.05) is 25.2 Å². The molecule has 1 rings (SSSR count). The summed E-state index contributed by atoms with van der Waals surface area (Å²) in [7, 11) is 1.87. The second-order valence-corrected chi connectivity index (χ2v) is 7.93. The summed E-state index contributed by atoms with van der Waals surface area (Å²) < 4.78 is 1.72. The largest absolute Gasteiger partial charge is 0.351 e. The maximum atomic E-state index is 12.0. The van der Waals surface area contributed by atoms with Crippen molar-refractivity contribution < 1.29 is 4.79 Å². The summed E-state index contributed by atoms with van der Waals surface area (Å²) in [5.74, 6) is 0.513. The van der Waals surface area contributed by atoms with Gasteiger partial charge in [-0.3, -0.25) is 9.48 Å². The molecule has 1 aromatic rings. The van der Waals surface area contributed by atoms with Crippen molar-refractivity contribution in [3.8, 4) is 0 Å². The molecule has 0 fully saturated rings. The van der Waals surface area contributed by atoms with Crippen molar-refractivity contribution in [1.29, 1.82) is 0 Å². The van der Waals surface area contributed by atoms with Gasteiger partial charge in [0.1, 0.15) is 0 Å². The number of nitrogens with zero attached hydrogens (tertiary/aromatic N) is 3. The molecule has 0 radical (unpaired) electrons. The van der Waals surface area contributed by atoms with Crippen LogP contribution in [0, 0.1) is 11.3 Å². The number of carbonyl (C=O) groups excluding carboxylic acids is 1. The first-order valence-corrected chi connectivity index (χ1v) is 7.65. The Morgan fingerprint density at radius 3 is 2.43 bits per heavy atom. The van der Waals surface area contributed by atoms with E-state index in [-0.39, 0.29) is 16.9 Å². The first-order valence-electron chi connectivity index (χ1n) is 7.65. The average molecular weight is 294 g/mol. The second-order valence-electron chi connectivity index (χ2n) is 7.93. The number of nitrogens with one attached hydrogen (secondary N) is 1. The van der Waals surface area contributed by atoms with Crippen molar-refractivity contribution in [1.82, 2.24) is 20.3 Å². The highest BCUT2D eigenvalue weighted by Gasteiger charge is 2.31. The predicted molar refractivity (Wildman–Crippen MR) is 84.8 cm³/mol. The highest BCUT2D eigenvalue weighted by Crippen LogP contribution is 2.31. The number of carbonyl (C=O) groups is 1. The lowest BCUT2D eigenvalue weighted by Crippen LogP contribution is -2.46. The maximum Gasteiger partial charge on any atom is 0.220 e. The molecule has 0 spiro atoms. The van der Waals surface area contributed by atoms with E-state index in [0.29, 0.717) is 12.3 Å². The lowest BCUT2D eigenvalue weighted by Gasteiger charge is -2.35. The lowest BCUT2D eigenvalue weighted by molar-refractivity contribution is -0.123. The van der Waals surface area contributed by atoms with Crippen molar-refractivity contribution in [3.05, 3.63) is 11.9 Å². The number of aromatic nitrogens is 3. The zero-order valence-corrected chi connectivity index (χ0v) is 14.5. The summed E-state index contributed by atoms with van der Waals surface area (Å²) in [5.41, 5.74) is 0.814. The topological polar surface area (TPSA) is 59.8 Å². The third-order valence-corrected chi connectivity index (χ3v) is 3.30. The van der Waals surface area contributed by atoms with Crippen LogP contribution in [0.2, 0.25) is 0 Å². The van der Waals surface area contributed by atoms with Gasteiger partial charge in [-0.05, 0) is 38.0 Å². The minimum absolute atomic E-state index is 0.0463. The summed E-state index contributed by atoms with van der Waals surface area (Å²) in [5, 5.41) is 11.3. The molecule has 0 atom stereocenters. The summed E-state index contributed by atoms with van der Waals surface area (Å²) in [6.45, 7) is 12.7. The standard InChI is InChI=1S/C16H30N4O/c1-12(2)8-14(21)17-16(5,6)11-15(3,4)9-13-10-20(7)19-18-13/h10,12H,8-9,11H2,1-7H3,(H,17,21). The Bertz CT molecular complexity index is 474. The fourth-order valence-electron chi connectivity index (χ4n) is 3.07. The Hall–Kier alpha value is -1.39. The zero-order chi connectivity index (χ0) is 16.3. The number of amides is 1. The number of aryl methyl sites for hydroxylation is 1. The van der Waals surface area contributed by atoms with Gasteiger partial charge in [0.15, 0.2) is 0 Å². The molecule has 0 bridgehead atoms. The van der Waals surface area contributed by atoms with Crippen molar-refractivity contribution in [2.45, 2.75) is 66.3 Å². The maximum absolute atomic E-state index is 12.0. The molecule has 1 heterocycles. The van der Waals surface area contributed by atoms with E-state index in [0.717, 1.165) is 18.5 Å². The molecule has 0 saturated carbocycles. The Balaban J connectivity index is 2.61. The summed E-state index contributed by atoms with van der Waals surface area (Å²) in [6.07, 6.45) is 4.27. The van der Waals surface area contributed by atoms with Crippen LogP contribution in [0.5, 0.6) is 0 Å². The van der Waals surface area contributed by atoms with Crippen molar-refractivity contribution in [2.75, 3.05) is 0 Å². The Labute approximate surface area is 128 Å². The quantitative estimate of drug-likeness (QED) is 0.841. The van der Waals surface area contributed by atoms with E-state index in [1.54, 1.807) is 4.68 Å². The lowest BCUT2D eigenvalue weighted by atomic mass is 9.77. The summed E-state index contributed by atoms with van der Waals surface area (Å²) >= 11 is 0. The van der Waals surface area contributed by atoms with Gasteiger partial charge in [-0.15, -0.1) is 5.10 Å². The Morgan fingerprint density at radius 2 is 1.95 bits per heavy atom. The predicted octanol–water partition coefficient (Wildman–Crippen LogP) is 2.71. The highest BCUT2D eigenvalue weighted by atomic mass is 16.1. The van der Waals surface area contributed by atoms with Gasteiger partial charge < -0.3 is 5.32 Å². The van der Waals surface area contributed by atoms with E-state index in [1.807, 2.05) is 13.2 Å². The molecule has 0 saturated heterocycles. The molecular formula is C16H30N4O. The van der Waals surface area contributed by atoms with Crippen molar-refractivity contribution >= 4 is 5.91 Å². The van der Waals surface area contributed by atoms with E-state index in [2.05, 4.69) is 57.2 Å².